The minimum absolute atomic E-state index is 0.117. The lowest BCUT2D eigenvalue weighted by Crippen LogP contribution is -2.39. The van der Waals surface area contributed by atoms with E-state index < -0.39 is 0 Å². The summed E-state index contributed by atoms with van der Waals surface area (Å²) in [6, 6.07) is 3.67. The molecule has 0 aliphatic carbocycles. The van der Waals surface area contributed by atoms with Crippen molar-refractivity contribution in [1.29, 1.82) is 0 Å². The van der Waals surface area contributed by atoms with Crippen LogP contribution in [0, 0.1) is 3.77 Å². The van der Waals surface area contributed by atoms with Crippen LogP contribution in [0.25, 0.3) is 6.08 Å². The third kappa shape index (κ3) is 5.01. The van der Waals surface area contributed by atoms with Crippen LogP contribution in [0.3, 0.4) is 0 Å². The first-order chi connectivity index (χ1) is 6.87. The van der Waals surface area contributed by atoms with Gasteiger partial charge in [0.25, 0.3) is 0 Å². The minimum Gasteiger partial charge on any atom is -0.451 e. The van der Waals surface area contributed by atoms with Crippen LogP contribution in [-0.4, -0.2) is 11.4 Å². The molecule has 1 aromatic rings. The monoisotopic (exact) mass is 319 g/mol. The van der Waals surface area contributed by atoms with Crippen LogP contribution < -0.4 is 5.32 Å². The molecule has 0 radical (unpaired) electrons. The van der Waals surface area contributed by atoms with E-state index in [4.69, 9.17) is 4.42 Å². The molecule has 1 rings (SSSR count). The van der Waals surface area contributed by atoms with E-state index in [2.05, 4.69) is 27.9 Å². The first kappa shape index (κ1) is 12.3. The zero-order valence-electron chi connectivity index (χ0n) is 9.00. The Balaban J connectivity index is 2.55. The van der Waals surface area contributed by atoms with Gasteiger partial charge in [-0.3, -0.25) is 4.79 Å². The highest BCUT2D eigenvalue weighted by molar-refractivity contribution is 14.1. The normalized spacial score (nSPS) is 12.0. The molecule has 0 spiro atoms. The minimum atomic E-state index is -0.209. The van der Waals surface area contributed by atoms with Crippen molar-refractivity contribution in [3.63, 3.8) is 0 Å². The Kier molecular flexibility index (Phi) is 3.96. The van der Waals surface area contributed by atoms with Crippen molar-refractivity contribution in [2.75, 3.05) is 0 Å². The lowest BCUT2D eigenvalue weighted by molar-refractivity contribution is -0.117. The molecular weight excluding hydrogens is 305 g/mol. The van der Waals surface area contributed by atoms with Crippen LogP contribution in [0.15, 0.2) is 22.6 Å². The Morgan fingerprint density at radius 3 is 2.60 bits per heavy atom. The summed E-state index contributed by atoms with van der Waals surface area (Å²) in [5.74, 6) is 0.567. The molecule has 0 saturated heterocycles. The summed E-state index contributed by atoms with van der Waals surface area (Å²) in [7, 11) is 0. The van der Waals surface area contributed by atoms with Gasteiger partial charge in [0, 0.05) is 11.6 Å². The van der Waals surface area contributed by atoms with Gasteiger partial charge in [0.1, 0.15) is 5.76 Å². The highest BCUT2D eigenvalue weighted by atomic mass is 127. The Labute approximate surface area is 103 Å². The molecule has 0 saturated carbocycles. The van der Waals surface area contributed by atoms with E-state index in [0.29, 0.717) is 5.76 Å². The number of hydrogen-bond donors (Lipinski definition) is 1. The molecular formula is C11H14INO2. The summed E-state index contributed by atoms with van der Waals surface area (Å²) in [5, 5.41) is 2.83. The van der Waals surface area contributed by atoms with Crippen molar-refractivity contribution in [3.05, 3.63) is 27.7 Å². The first-order valence-electron chi connectivity index (χ1n) is 4.62. The van der Waals surface area contributed by atoms with Gasteiger partial charge < -0.3 is 9.73 Å². The molecule has 0 aromatic carbocycles. The van der Waals surface area contributed by atoms with E-state index in [1.54, 1.807) is 6.08 Å². The van der Waals surface area contributed by atoms with Crippen LogP contribution in [0.1, 0.15) is 26.5 Å². The SMILES string of the molecule is CC(C)(C)NC(=O)/C=C/c1ccc(I)o1. The molecule has 0 aliphatic heterocycles. The van der Waals surface area contributed by atoms with Crippen molar-refractivity contribution in [1.82, 2.24) is 5.32 Å². The van der Waals surface area contributed by atoms with Crippen LogP contribution in [0.5, 0.6) is 0 Å². The second kappa shape index (κ2) is 4.83. The maximum absolute atomic E-state index is 11.4. The van der Waals surface area contributed by atoms with E-state index in [9.17, 15) is 4.79 Å². The molecule has 82 valence electrons. The van der Waals surface area contributed by atoms with Gasteiger partial charge in [-0.15, -0.1) is 0 Å². The Hall–Kier alpha value is -0.780. The number of halogens is 1. The van der Waals surface area contributed by atoms with Gasteiger partial charge in [-0.1, -0.05) is 0 Å². The van der Waals surface area contributed by atoms with Crippen LogP contribution in [0.2, 0.25) is 0 Å². The van der Waals surface area contributed by atoms with Crippen LogP contribution in [-0.2, 0) is 4.79 Å². The molecule has 15 heavy (non-hydrogen) atoms. The highest BCUT2D eigenvalue weighted by Gasteiger charge is 2.11. The van der Waals surface area contributed by atoms with Crippen molar-refractivity contribution < 1.29 is 9.21 Å². The Morgan fingerprint density at radius 2 is 2.13 bits per heavy atom. The van der Waals surface area contributed by atoms with Gasteiger partial charge >= 0.3 is 0 Å². The maximum atomic E-state index is 11.4. The number of hydrogen-bond acceptors (Lipinski definition) is 2. The van der Waals surface area contributed by atoms with Gasteiger partial charge in [0.2, 0.25) is 5.91 Å². The van der Waals surface area contributed by atoms with Gasteiger partial charge in [0.05, 0.1) is 0 Å². The lowest BCUT2D eigenvalue weighted by Gasteiger charge is -2.18. The van der Waals surface area contributed by atoms with Crippen molar-refractivity contribution in [2.45, 2.75) is 26.3 Å². The third-order valence-electron chi connectivity index (χ3n) is 1.49. The average molecular weight is 319 g/mol. The van der Waals surface area contributed by atoms with E-state index in [-0.39, 0.29) is 11.4 Å². The number of carbonyl (C=O) groups is 1. The molecule has 0 aliphatic rings. The first-order valence-corrected chi connectivity index (χ1v) is 5.70. The molecule has 1 amide bonds. The van der Waals surface area contributed by atoms with Gasteiger partial charge in [0.15, 0.2) is 3.77 Å². The predicted octanol–water partition coefficient (Wildman–Crippen LogP) is 2.81. The molecule has 0 fully saturated rings. The fourth-order valence-corrected chi connectivity index (χ4v) is 1.42. The second-order valence-corrected chi connectivity index (χ2v) is 5.28. The summed E-state index contributed by atoms with van der Waals surface area (Å²) in [6.07, 6.45) is 3.13. The van der Waals surface area contributed by atoms with E-state index in [1.165, 1.54) is 6.08 Å². The lowest BCUT2D eigenvalue weighted by atomic mass is 10.1. The predicted molar refractivity (Wildman–Crippen MR) is 68.4 cm³/mol. The Bertz CT molecular complexity index is 374. The quantitative estimate of drug-likeness (QED) is 0.673. The van der Waals surface area contributed by atoms with Crippen molar-refractivity contribution in [2.24, 2.45) is 0 Å². The molecule has 1 N–H and O–H groups in total. The zero-order chi connectivity index (χ0) is 11.5. The molecule has 1 aromatic heterocycles. The number of furan rings is 1. The molecule has 0 unspecified atom stereocenters. The van der Waals surface area contributed by atoms with Crippen LogP contribution in [0.4, 0.5) is 0 Å². The molecule has 0 bridgehead atoms. The molecule has 1 heterocycles. The fourth-order valence-electron chi connectivity index (χ4n) is 0.987. The van der Waals surface area contributed by atoms with Gasteiger partial charge in [-0.05, 0) is 61.6 Å². The summed E-state index contributed by atoms with van der Waals surface area (Å²) in [6.45, 7) is 5.82. The van der Waals surface area contributed by atoms with E-state index >= 15 is 0 Å². The number of nitrogens with one attached hydrogen (secondary N) is 1. The topological polar surface area (TPSA) is 42.2 Å². The third-order valence-corrected chi connectivity index (χ3v) is 2.07. The number of carbonyl (C=O) groups excluding carboxylic acids is 1. The van der Waals surface area contributed by atoms with Gasteiger partial charge in [-0.2, -0.15) is 0 Å². The summed E-state index contributed by atoms with van der Waals surface area (Å²) in [5.41, 5.74) is -0.209. The molecule has 4 heteroatoms. The van der Waals surface area contributed by atoms with Crippen molar-refractivity contribution in [3.8, 4) is 0 Å². The maximum Gasteiger partial charge on any atom is 0.244 e. The standard InChI is InChI=1S/C11H14INO2/c1-11(2,3)13-10(14)7-5-8-4-6-9(12)15-8/h4-7H,1-3H3,(H,13,14)/b7-5+. The van der Waals surface area contributed by atoms with E-state index in [0.717, 1.165) is 3.77 Å². The molecule has 0 atom stereocenters. The average Bonchev–Trinajstić information content (AvgIpc) is 2.45. The summed E-state index contributed by atoms with van der Waals surface area (Å²) >= 11 is 2.08. The Morgan fingerprint density at radius 1 is 1.47 bits per heavy atom. The van der Waals surface area contributed by atoms with Crippen LogP contribution >= 0.6 is 22.6 Å². The highest BCUT2D eigenvalue weighted by Crippen LogP contribution is 2.11. The largest absolute Gasteiger partial charge is 0.451 e. The van der Waals surface area contributed by atoms with Crippen molar-refractivity contribution >= 4 is 34.6 Å². The molecule has 3 nitrogen and oxygen atoms in total. The smallest absolute Gasteiger partial charge is 0.244 e. The fraction of sp³-hybridized carbons (Fsp3) is 0.364. The van der Waals surface area contributed by atoms with E-state index in [1.807, 2.05) is 32.9 Å². The zero-order valence-corrected chi connectivity index (χ0v) is 11.2. The summed E-state index contributed by atoms with van der Waals surface area (Å²) < 4.78 is 6.09. The number of rotatable bonds is 2. The number of amides is 1. The van der Waals surface area contributed by atoms with Gasteiger partial charge in [-0.25, -0.2) is 0 Å². The summed E-state index contributed by atoms with van der Waals surface area (Å²) in [4.78, 5) is 11.4. The second-order valence-electron chi connectivity index (χ2n) is 4.21.